The molecule has 4 heteroatoms. The van der Waals surface area contributed by atoms with Crippen molar-refractivity contribution in [1.82, 2.24) is 5.32 Å². The van der Waals surface area contributed by atoms with Gasteiger partial charge < -0.3 is 9.73 Å². The number of benzene rings is 1. The van der Waals surface area contributed by atoms with Crippen LogP contribution < -0.4 is 10.7 Å². The molecule has 1 aliphatic carbocycles. The Morgan fingerprint density at radius 2 is 1.87 bits per heavy atom. The Balaban J connectivity index is 1.79. The maximum absolute atomic E-state index is 12.3. The zero-order valence-electron chi connectivity index (χ0n) is 13.7. The molecular formula is C19H21NO3. The van der Waals surface area contributed by atoms with E-state index < -0.39 is 0 Å². The van der Waals surface area contributed by atoms with Crippen molar-refractivity contribution in [2.75, 3.05) is 6.54 Å². The molecule has 1 amide bonds. The smallest absolute Gasteiger partial charge is 0.287 e. The molecule has 0 bridgehead atoms. The third kappa shape index (κ3) is 2.81. The first kappa shape index (κ1) is 15.5. The van der Waals surface area contributed by atoms with Crippen molar-refractivity contribution in [3.63, 3.8) is 0 Å². The van der Waals surface area contributed by atoms with Crippen molar-refractivity contribution in [2.24, 2.45) is 5.41 Å². The molecule has 3 rings (SSSR count). The van der Waals surface area contributed by atoms with Gasteiger partial charge in [-0.1, -0.05) is 44.2 Å². The van der Waals surface area contributed by atoms with E-state index in [9.17, 15) is 9.59 Å². The SMILES string of the molecule is Cc1cc(=O)cc(C(=O)NC[C@]2(c3ccccc3)CC2(C)C)o1. The summed E-state index contributed by atoms with van der Waals surface area (Å²) in [6.07, 6.45) is 1.02. The van der Waals surface area contributed by atoms with Gasteiger partial charge in [0.25, 0.3) is 5.91 Å². The number of rotatable bonds is 4. The van der Waals surface area contributed by atoms with Crippen molar-refractivity contribution in [1.29, 1.82) is 0 Å². The molecule has 1 aromatic carbocycles. The Morgan fingerprint density at radius 3 is 2.43 bits per heavy atom. The van der Waals surface area contributed by atoms with Crippen LogP contribution in [0.25, 0.3) is 0 Å². The second-order valence-electron chi connectivity index (χ2n) is 6.96. The van der Waals surface area contributed by atoms with Gasteiger partial charge in [0, 0.05) is 24.1 Å². The first-order valence-electron chi connectivity index (χ1n) is 7.80. The molecule has 2 aromatic rings. The quantitative estimate of drug-likeness (QED) is 0.944. The van der Waals surface area contributed by atoms with Crippen LogP contribution in [-0.4, -0.2) is 12.5 Å². The highest BCUT2D eigenvalue weighted by atomic mass is 16.3. The van der Waals surface area contributed by atoms with Gasteiger partial charge in [0.15, 0.2) is 11.2 Å². The normalized spacial score (nSPS) is 21.7. The van der Waals surface area contributed by atoms with Gasteiger partial charge in [-0.2, -0.15) is 0 Å². The number of nitrogens with one attached hydrogen (secondary N) is 1. The molecule has 1 N–H and O–H groups in total. The van der Waals surface area contributed by atoms with Gasteiger partial charge in [0.2, 0.25) is 0 Å². The van der Waals surface area contributed by atoms with E-state index >= 15 is 0 Å². The fourth-order valence-corrected chi connectivity index (χ4v) is 3.40. The van der Waals surface area contributed by atoms with Crippen LogP contribution in [-0.2, 0) is 5.41 Å². The Labute approximate surface area is 135 Å². The lowest BCUT2D eigenvalue weighted by atomic mass is 9.88. The fraction of sp³-hybridized carbons (Fsp3) is 0.368. The summed E-state index contributed by atoms with van der Waals surface area (Å²) in [5.41, 5.74) is 1.09. The molecule has 1 aliphatic rings. The van der Waals surface area contributed by atoms with E-state index in [1.54, 1.807) is 6.92 Å². The first-order chi connectivity index (χ1) is 10.8. The third-order valence-electron chi connectivity index (χ3n) is 4.90. The van der Waals surface area contributed by atoms with Crippen LogP contribution in [0.4, 0.5) is 0 Å². The molecule has 0 saturated heterocycles. The molecule has 1 fully saturated rings. The van der Waals surface area contributed by atoms with Crippen molar-refractivity contribution in [3.05, 3.63) is 69.8 Å². The summed E-state index contributed by atoms with van der Waals surface area (Å²) < 4.78 is 5.35. The number of carbonyl (C=O) groups is 1. The number of carbonyl (C=O) groups excluding carboxylic acids is 1. The predicted molar refractivity (Wildman–Crippen MR) is 88.6 cm³/mol. The van der Waals surface area contributed by atoms with Gasteiger partial charge >= 0.3 is 0 Å². The maximum Gasteiger partial charge on any atom is 0.287 e. The van der Waals surface area contributed by atoms with Crippen LogP contribution in [0.3, 0.4) is 0 Å². The minimum absolute atomic E-state index is 0.0615. The maximum atomic E-state index is 12.3. The number of hydrogen-bond acceptors (Lipinski definition) is 3. The van der Waals surface area contributed by atoms with E-state index in [-0.39, 0.29) is 27.9 Å². The lowest BCUT2D eigenvalue weighted by molar-refractivity contribution is 0.0916. The molecule has 0 radical (unpaired) electrons. The van der Waals surface area contributed by atoms with Crippen LogP contribution in [0.5, 0.6) is 0 Å². The Hall–Kier alpha value is -2.36. The minimum Gasteiger partial charge on any atom is -0.456 e. The van der Waals surface area contributed by atoms with Crippen LogP contribution in [0, 0.1) is 12.3 Å². The molecule has 1 saturated carbocycles. The van der Waals surface area contributed by atoms with E-state index in [4.69, 9.17) is 4.42 Å². The molecule has 120 valence electrons. The summed E-state index contributed by atoms with van der Waals surface area (Å²) in [6, 6.07) is 12.8. The molecule has 1 atom stereocenters. The summed E-state index contributed by atoms with van der Waals surface area (Å²) in [4.78, 5) is 23.8. The standard InChI is InChI=1S/C19H21NO3/c1-13-9-15(21)10-16(23-13)17(22)20-12-19(11-18(19,2)3)14-7-5-4-6-8-14/h4-10H,11-12H2,1-3H3,(H,20,22)/t19-/m0/s1. The average molecular weight is 311 g/mol. The predicted octanol–water partition coefficient (Wildman–Crippen LogP) is 3.05. The van der Waals surface area contributed by atoms with Crippen LogP contribution in [0.1, 0.15) is 42.1 Å². The van der Waals surface area contributed by atoms with Crippen molar-refractivity contribution < 1.29 is 9.21 Å². The van der Waals surface area contributed by atoms with Crippen molar-refractivity contribution in [2.45, 2.75) is 32.6 Å². The monoisotopic (exact) mass is 311 g/mol. The Kier molecular flexibility index (Phi) is 3.63. The fourth-order valence-electron chi connectivity index (χ4n) is 3.40. The van der Waals surface area contributed by atoms with Gasteiger partial charge in [0.05, 0.1) is 0 Å². The molecule has 0 aliphatic heterocycles. The highest BCUT2D eigenvalue weighted by Gasteiger charge is 2.61. The molecule has 1 heterocycles. The number of hydrogen-bond donors (Lipinski definition) is 1. The highest BCUT2D eigenvalue weighted by molar-refractivity contribution is 5.91. The summed E-state index contributed by atoms with van der Waals surface area (Å²) in [5.74, 6) is 0.160. The van der Waals surface area contributed by atoms with E-state index in [2.05, 4.69) is 31.3 Å². The average Bonchev–Trinajstić information content (AvgIpc) is 3.07. The molecule has 1 aromatic heterocycles. The zero-order chi connectivity index (χ0) is 16.7. The van der Waals surface area contributed by atoms with Gasteiger partial charge in [0.1, 0.15) is 5.76 Å². The summed E-state index contributed by atoms with van der Waals surface area (Å²) in [6.45, 7) is 6.60. The second-order valence-corrected chi connectivity index (χ2v) is 6.96. The Morgan fingerprint density at radius 1 is 1.22 bits per heavy atom. The van der Waals surface area contributed by atoms with Crippen LogP contribution in [0.15, 0.2) is 51.7 Å². The summed E-state index contributed by atoms with van der Waals surface area (Å²) in [7, 11) is 0. The van der Waals surface area contributed by atoms with Crippen LogP contribution in [0.2, 0.25) is 0 Å². The van der Waals surface area contributed by atoms with E-state index in [1.807, 2.05) is 18.2 Å². The number of amides is 1. The van der Waals surface area contributed by atoms with E-state index in [0.29, 0.717) is 12.3 Å². The molecule has 0 spiro atoms. The van der Waals surface area contributed by atoms with E-state index in [0.717, 1.165) is 6.42 Å². The van der Waals surface area contributed by atoms with Gasteiger partial charge in [-0.05, 0) is 24.3 Å². The lowest BCUT2D eigenvalue weighted by Gasteiger charge is -2.21. The van der Waals surface area contributed by atoms with Crippen molar-refractivity contribution >= 4 is 5.91 Å². The summed E-state index contributed by atoms with van der Waals surface area (Å²) >= 11 is 0. The number of aryl methyl sites for hydroxylation is 1. The van der Waals surface area contributed by atoms with E-state index in [1.165, 1.54) is 17.7 Å². The van der Waals surface area contributed by atoms with Gasteiger partial charge in [-0.15, -0.1) is 0 Å². The third-order valence-corrected chi connectivity index (χ3v) is 4.90. The second kappa shape index (κ2) is 5.37. The molecule has 23 heavy (non-hydrogen) atoms. The van der Waals surface area contributed by atoms with Gasteiger partial charge in [-0.3, -0.25) is 9.59 Å². The van der Waals surface area contributed by atoms with Crippen LogP contribution >= 0.6 is 0 Å². The summed E-state index contributed by atoms with van der Waals surface area (Å²) in [5, 5.41) is 2.94. The lowest BCUT2D eigenvalue weighted by Crippen LogP contribution is -2.35. The molecule has 4 nitrogen and oxygen atoms in total. The van der Waals surface area contributed by atoms with Crippen molar-refractivity contribution in [3.8, 4) is 0 Å². The largest absolute Gasteiger partial charge is 0.456 e. The Bertz CT molecular complexity index is 792. The molecule has 0 unspecified atom stereocenters. The zero-order valence-corrected chi connectivity index (χ0v) is 13.7. The minimum atomic E-state index is -0.344. The molecular weight excluding hydrogens is 290 g/mol. The topological polar surface area (TPSA) is 59.3 Å². The van der Waals surface area contributed by atoms with Gasteiger partial charge in [-0.25, -0.2) is 0 Å². The first-order valence-corrected chi connectivity index (χ1v) is 7.80. The highest BCUT2D eigenvalue weighted by Crippen LogP contribution is 2.63.